The van der Waals surface area contributed by atoms with Crippen LogP contribution < -0.4 is 4.72 Å². The van der Waals surface area contributed by atoms with E-state index in [9.17, 15) is 13.5 Å². The molecule has 0 saturated carbocycles. The zero-order chi connectivity index (χ0) is 13.0. The summed E-state index contributed by atoms with van der Waals surface area (Å²) < 4.78 is 25.5. The van der Waals surface area contributed by atoms with E-state index in [-0.39, 0.29) is 17.1 Å². The first-order valence-corrected chi connectivity index (χ1v) is 7.35. The van der Waals surface area contributed by atoms with Gasteiger partial charge in [-0.2, -0.15) is 0 Å². The van der Waals surface area contributed by atoms with E-state index in [0.29, 0.717) is 13.0 Å². The van der Waals surface area contributed by atoms with E-state index in [4.69, 9.17) is 0 Å². The first-order valence-electron chi connectivity index (χ1n) is 5.70. The minimum atomic E-state index is -3.18. The first-order chi connectivity index (χ1) is 7.04. The van der Waals surface area contributed by atoms with Crippen LogP contribution >= 0.6 is 0 Å². The van der Waals surface area contributed by atoms with Crippen molar-refractivity contribution in [3.63, 3.8) is 0 Å². The number of sulfonamides is 1. The summed E-state index contributed by atoms with van der Waals surface area (Å²) in [7, 11) is -3.18. The van der Waals surface area contributed by atoms with Crippen LogP contribution in [0.15, 0.2) is 0 Å². The second kappa shape index (κ2) is 5.98. The van der Waals surface area contributed by atoms with Crippen LogP contribution in [0.2, 0.25) is 0 Å². The van der Waals surface area contributed by atoms with Crippen molar-refractivity contribution in [1.29, 1.82) is 0 Å². The van der Waals surface area contributed by atoms with Crippen molar-refractivity contribution in [2.24, 2.45) is 11.3 Å². The van der Waals surface area contributed by atoms with Gasteiger partial charge in [-0.3, -0.25) is 0 Å². The van der Waals surface area contributed by atoms with E-state index < -0.39 is 16.1 Å². The van der Waals surface area contributed by atoms with Gasteiger partial charge in [-0.1, -0.05) is 34.6 Å². The SMILES string of the molecule is CC(C)CS(=O)(=O)NCCC(O)C(C)(C)C. The van der Waals surface area contributed by atoms with Crippen molar-refractivity contribution in [3.05, 3.63) is 0 Å². The van der Waals surface area contributed by atoms with E-state index in [1.165, 1.54) is 0 Å². The number of aliphatic hydroxyl groups excluding tert-OH is 1. The number of hydrogen-bond acceptors (Lipinski definition) is 3. The van der Waals surface area contributed by atoms with Crippen molar-refractivity contribution < 1.29 is 13.5 Å². The van der Waals surface area contributed by atoms with Crippen molar-refractivity contribution in [2.45, 2.75) is 47.1 Å². The van der Waals surface area contributed by atoms with Crippen LogP contribution in [-0.4, -0.2) is 31.9 Å². The lowest BCUT2D eigenvalue weighted by Crippen LogP contribution is -2.34. The molecule has 2 N–H and O–H groups in total. The van der Waals surface area contributed by atoms with Crippen LogP contribution in [0.25, 0.3) is 0 Å². The summed E-state index contributed by atoms with van der Waals surface area (Å²) in [4.78, 5) is 0. The molecule has 0 aliphatic heterocycles. The summed E-state index contributed by atoms with van der Waals surface area (Å²) in [5.41, 5.74) is -0.205. The molecule has 16 heavy (non-hydrogen) atoms. The Bertz CT molecular complexity index is 291. The topological polar surface area (TPSA) is 66.4 Å². The molecule has 0 bridgehead atoms. The largest absolute Gasteiger partial charge is 0.393 e. The fraction of sp³-hybridized carbons (Fsp3) is 1.00. The van der Waals surface area contributed by atoms with Crippen molar-refractivity contribution in [1.82, 2.24) is 4.72 Å². The minimum Gasteiger partial charge on any atom is -0.393 e. The molecule has 4 nitrogen and oxygen atoms in total. The van der Waals surface area contributed by atoms with Gasteiger partial charge in [0.25, 0.3) is 0 Å². The lowest BCUT2D eigenvalue weighted by Gasteiger charge is -2.25. The van der Waals surface area contributed by atoms with E-state index in [0.717, 1.165) is 0 Å². The molecule has 98 valence electrons. The molecule has 0 saturated heterocycles. The van der Waals surface area contributed by atoms with Crippen LogP contribution in [0.4, 0.5) is 0 Å². The van der Waals surface area contributed by atoms with E-state index in [2.05, 4.69) is 4.72 Å². The average molecular weight is 251 g/mol. The highest BCUT2D eigenvalue weighted by Crippen LogP contribution is 2.20. The molecule has 0 amide bonds. The number of aliphatic hydroxyl groups is 1. The summed E-state index contributed by atoms with van der Waals surface area (Å²) in [6.07, 6.45) is -0.0462. The Morgan fingerprint density at radius 3 is 2.12 bits per heavy atom. The maximum Gasteiger partial charge on any atom is 0.211 e. The molecule has 0 fully saturated rings. The van der Waals surface area contributed by atoms with Crippen molar-refractivity contribution in [3.8, 4) is 0 Å². The predicted octanol–water partition coefficient (Wildman–Crippen LogP) is 1.36. The molecule has 0 radical (unpaired) electrons. The smallest absolute Gasteiger partial charge is 0.211 e. The normalized spacial score (nSPS) is 15.4. The van der Waals surface area contributed by atoms with E-state index in [1.54, 1.807) is 0 Å². The second-order valence-electron chi connectivity index (χ2n) is 5.74. The van der Waals surface area contributed by atoms with Gasteiger partial charge in [-0.15, -0.1) is 0 Å². The highest BCUT2D eigenvalue weighted by atomic mass is 32.2. The third kappa shape index (κ3) is 7.19. The Morgan fingerprint density at radius 1 is 1.25 bits per heavy atom. The Kier molecular flexibility index (Phi) is 5.93. The fourth-order valence-corrected chi connectivity index (χ4v) is 2.71. The molecule has 0 aliphatic rings. The molecule has 0 aromatic heterocycles. The Hall–Kier alpha value is -0.130. The van der Waals surface area contributed by atoms with Gasteiger partial charge >= 0.3 is 0 Å². The highest BCUT2D eigenvalue weighted by molar-refractivity contribution is 7.89. The quantitative estimate of drug-likeness (QED) is 0.749. The fourth-order valence-electron chi connectivity index (χ4n) is 1.28. The van der Waals surface area contributed by atoms with Gasteiger partial charge in [-0.05, 0) is 17.8 Å². The van der Waals surface area contributed by atoms with Crippen molar-refractivity contribution in [2.75, 3.05) is 12.3 Å². The maximum atomic E-state index is 11.5. The summed E-state index contributed by atoms with van der Waals surface area (Å²) in [6.45, 7) is 9.82. The van der Waals surface area contributed by atoms with Crippen LogP contribution in [-0.2, 0) is 10.0 Å². The molecular weight excluding hydrogens is 226 g/mol. The van der Waals surface area contributed by atoms with Gasteiger partial charge in [-0.25, -0.2) is 13.1 Å². The lowest BCUT2D eigenvalue weighted by molar-refractivity contribution is 0.0571. The van der Waals surface area contributed by atoms with Gasteiger partial charge in [0.2, 0.25) is 10.0 Å². The highest BCUT2D eigenvalue weighted by Gasteiger charge is 2.22. The zero-order valence-corrected chi connectivity index (χ0v) is 11.8. The molecular formula is C11H25NO3S. The monoisotopic (exact) mass is 251 g/mol. The third-order valence-electron chi connectivity index (χ3n) is 2.29. The molecule has 0 spiro atoms. The Labute approximate surface area is 99.5 Å². The van der Waals surface area contributed by atoms with E-state index >= 15 is 0 Å². The molecule has 0 aliphatic carbocycles. The van der Waals surface area contributed by atoms with Crippen LogP contribution in [0.5, 0.6) is 0 Å². The Balaban J connectivity index is 4.00. The first kappa shape index (κ1) is 15.9. The van der Waals surface area contributed by atoms with Gasteiger partial charge in [0.05, 0.1) is 11.9 Å². The molecule has 5 heteroatoms. The van der Waals surface area contributed by atoms with Gasteiger partial charge in [0.1, 0.15) is 0 Å². The van der Waals surface area contributed by atoms with Gasteiger partial charge in [0.15, 0.2) is 0 Å². The molecule has 0 heterocycles. The predicted molar refractivity (Wildman–Crippen MR) is 66.7 cm³/mol. The average Bonchev–Trinajstić information content (AvgIpc) is 1.98. The van der Waals surface area contributed by atoms with Gasteiger partial charge in [0, 0.05) is 6.54 Å². The molecule has 1 atom stereocenters. The molecule has 1 unspecified atom stereocenters. The van der Waals surface area contributed by atoms with Crippen LogP contribution in [0, 0.1) is 11.3 Å². The molecule has 0 aromatic carbocycles. The van der Waals surface area contributed by atoms with Gasteiger partial charge < -0.3 is 5.11 Å². The maximum absolute atomic E-state index is 11.5. The Morgan fingerprint density at radius 2 is 1.75 bits per heavy atom. The summed E-state index contributed by atoms with van der Waals surface area (Å²) in [5, 5.41) is 9.73. The number of nitrogens with one attached hydrogen (secondary N) is 1. The number of hydrogen-bond donors (Lipinski definition) is 2. The second-order valence-corrected chi connectivity index (χ2v) is 7.59. The molecule has 0 aromatic rings. The van der Waals surface area contributed by atoms with Crippen LogP contribution in [0.3, 0.4) is 0 Å². The minimum absolute atomic E-state index is 0.116. The summed E-state index contributed by atoms with van der Waals surface area (Å²) in [6, 6.07) is 0. The standard InChI is InChI=1S/C11H25NO3S/c1-9(2)8-16(14,15)12-7-6-10(13)11(3,4)5/h9-10,12-13H,6-8H2,1-5H3. The van der Waals surface area contributed by atoms with E-state index in [1.807, 2.05) is 34.6 Å². The molecule has 0 rings (SSSR count). The van der Waals surface area contributed by atoms with Crippen molar-refractivity contribution >= 4 is 10.0 Å². The summed E-state index contributed by atoms with van der Waals surface area (Å²) in [5.74, 6) is 0.253. The number of rotatable bonds is 6. The van der Waals surface area contributed by atoms with Crippen LogP contribution in [0.1, 0.15) is 41.0 Å². The zero-order valence-electron chi connectivity index (χ0n) is 10.9. The lowest BCUT2D eigenvalue weighted by atomic mass is 9.87. The third-order valence-corrected chi connectivity index (χ3v) is 4.04. The summed E-state index contributed by atoms with van der Waals surface area (Å²) >= 11 is 0.